The lowest BCUT2D eigenvalue weighted by Crippen LogP contribution is -2.27. The molecule has 0 spiro atoms. The summed E-state index contributed by atoms with van der Waals surface area (Å²) in [5.74, 6) is -3.81. The van der Waals surface area contributed by atoms with Gasteiger partial charge < -0.3 is 20.5 Å². The molecule has 1 aromatic heterocycles. The molecule has 3 N–H and O–H groups in total. The number of methoxy groups -OCH3 is 1. The van der Waals surface area contributed by atoms with Gasteiger partial charge in [-0.3, -0.25) is 4.57 Å². The Morgan fingerprint density at radius 1 is 1.16 bits per heavy atom. The van der Waals surface area contributed by atoms with Crippen molar-refractivity contribution in [1.29, 1.82) is 0 Å². The quantitative estimate of drug-likeness (QED) is 0.491. The molecule has 0 saturated heterocycles. The standard InChI is InChI=1S/C20H20F3N5O3/c1-10-4-5-12(31-3)8-15(10)25-18-26-19(28(2)20(30)27-18)24-9-16(29)11-6-13(21)17(23)14(22)7-11/h4-8,16,29H,9H2,1-3H3,(H2,24,25,26,27,30). The van der Waals surface area contributed by atoms with Crippen molar-refractivity contribution in [2.24, 2.45) is 7.05 Å². The Hall–Kier alpha value is -3.60. The van der Waals surface area contributed by atoms with E-state index in [9.17, 15) is 23.1 Å². The van der Waals surface area contributed by atoms with Crippen LogP contribution in [0.4, 0.5) is 30.8 Å². The van der Waals surface area contributed by atoms with E-state index in [1.165, 1.54) is 14.2 Å². The van der Waals surface area contributed by atoms with Crippen LogP contribution in [0, 0.1) is 24.4 Å². The summed E-state index contributed by atoms with van der Waals surface area (Å²) < 4.78 is 46.2. The van der Waals surface area contributed by atoms with Crippen LogP contribution in [0.2, 0.25) is 0 Å². The van der Waals surface area contributed by atoms with Gasteiger partial charge in [-0.15, -0.1) is 0 Å². The van der Waals surface area contributed by atoms with Gasteiger partial charge in [0.2, 0.25) is 11.9 Å². The zero-order valence-corrected chi connectivity index (χ0v) is 16.9. The first-order valence-electron chi connectivity index (χ1n) is 9.12. The molecular formula is C20H20F3N5O3. The van der Waals surface area contributed by atoms with Crippen molar-refractivity contribution in [2.75, 3.05) is 24.3 Å². The first-order chi connectivity index (χ1) is 14.7. The molecule has 11 heteroatoms. The Kier molecular flexibility index (Phi) is 6.44. The molecule has 0 aliphatic carbocycles. The van der Waals surface area contributed by atoms with Crippen molar-refractivity contribution >= 4 is 17.6 Å². The van der Waals surface area contributed by atoms with Crippen molar-refractivity contribution in [3.8, 4) is 5.75 Å². The second-order valence-electron chi connectivity index (χ2n) is 6.71. The van der Waals surface area contributed by atoms with Gasteiger partial charge in [0.25, 0.3) is 0 Å². The van der Waals surface area contributed by atoms with Gasteiger partial charge in [-0.25, -0.2) is 18.0 Å². The molecule has 0 amide bonds. The number of rotatable bonds is 7. The molecule has 1 heterocycles. The minimum Gasteiger partial charge on any atom is -0.497 e. The number of anilines is 3. The lowest BCUT2D eigenvalue weighted by Gasteiger charge is -2.16. The van der Waals surface area contributed by atoms with Gasteiger partial charge in [-0.1, -0.05) is 6.07 Å². The largest absolute Gasteiger partial charge is 0.497 e. The van der Waals surface area contributed by atoms with E-state index in [-0.39, 0.29) is 24.0 Å². The Morgan fingerprint density at radius 3 is 2.48 bits per heavy atom. The minimum absolute atomic E-state index is 0.00434. The summed E-state index contributed by atoms with van der Waals surface area (Å²) in [7, 11) is 2.93. The molecule has 0 aliphatic heterocycles. The molecule has 0 saturated carbocycles. The highest BCUT2D eigenvalue weighted by Crippen LogP contribution is 2.24. The molecule has 1 atom stereocenters. The van der Waals surface area contributed by atoms with E-state index in [1.807, 2.05) is 13.0 Å². The van der Waals surface area contributed by atoms with E-state index >= 15 is 0 Å². The topological polar surface area (TPSA) is 101 Å². The van der Waals surface area contributed by atoms with E-state index in [0.717, 1.165) is 10.1 Å². The molecule has 0 radical (unpaired) electrons. The molecule has 0 aliphatic rings. The van der Waals surface area contributed by atoms with Gasteiger partial charge in [0.05, 0.1) is 13.2 Å². The van der Waals surface area contributed by atoms with E-state index in [4.69, 9.17) is 4.74 Å². The fourth-order valence-corrected chi connectivity index (χ4v) is 2.73. The van der Waals surface area contributed by atoms with Crippen molar-refractivity contribution in [3.05, 3.63) is 69.4 Å². The van der Waals surface area contributed by atoms with Crippen molar-refractivity contribution in [3.63, 3.8) is 0 Å². The third-order valence-corrected chi connectivity index (χ3v) is 4.55. The summed E-state index contributed by atoms with van der Waals surface area (Å²) in [6, 6.07) is 6.70. The predicted molar refractivity (Wildman–Crippen MR) is 108 cm³/mol. The average molecular weight is 435 g/mol. The van der Waals surface area contributed by atoms with E-state index in [2.05, 4.69) is 20.6 Å². The molecule has 3 aromatic rings. The molecule has 164 valence electrons. The van der Waals surface area contributed by atoms with Crippen LogP contribution in [0.5, 0.6) is 5.75 Å². The summed E-state index contributed by atoms with van der Waals surface area (Å²) in [4.78, 5) is 20.3. The van der Waals surface area contributed by atoms with E-state index in [1.54, 1.807) is 12.1 Å². The number of benzene rings is 2. The summed E-state index contributed by atoms with van der Waals surface area (Å²) >= 11 is 0. The Balaban J connectivity index is 1.81. The molecule has 0 fully saturated rings. The van der Waals surface area contributed by atoms with Crippen LogP contribution < -0.4 is 21.1 Å². The Labute approximate surface area is 175 Å². The highest BCUT2D eigenvalue weighted by atomic mass is 19.2. The third-order valence-electron chi connectivity index (χ3n) is 4.55. The van der Waals surface area contributed by atoms with Crippen molar-refractivity contribution in [2.45, 2.75) is 13.0 Å². The lowest BCUT2D eigenvalue weighted by atomic mass is 10.1. The van der Waals surface area contributed by atoms with Crippen LogP contribution in [0.25, 0.3) is 0 Å². The SMILES string of the molecule is COc1ccc(C)c(Nc2nc(NCC(O)c3cc(F)c(F)c(F)c3)n(C)c(=O)n2)c1. The number of aromatic nitrogens is 3. The Bertz CT molecular complexity index is 1150. The first-order valence-corrected chi connectivity index (χ1v) is 9.12. The zero-order valence-electron chi connectivity index (χ0n) is 16.9. The zero-order chi connectivity index (χ0) is 22.7. The number of aliphatic hydroxyl groups is 1. The second-order valence-corrected chi connectivity index (χ2v) is 6.71. The van der Waals surface area contributed by atoms with Gasteiger partial charge in [0, 0.05) is 25.3 Å². The minimum atomic E-state index is -1.62. The fraction of sp³-hybridized carbons (Fsp3) is 0.250. The van der Waals surface area contributed by atoms with Crippen LogP contribution in [0.1, 0.15) is 17.2 Å². The number of aliphatic hydroxyl groups excluding tert-OH is 1. The number of aryl methyl sites for hydroxylation is 1. The van der Waals surface area contributed by atoms with Gasteiger partial charge in [-0.05, 0) is 36.2 Å². The average Bonchev–Trinajstić information content (AvgIpc) is 2.74. The lowest BCUT2D eigenvalue weighted by molar-refractivity contribution is 0.190. The van der Waals surface area contributed by atoms with Gasteiger partial charge in [-0.2, -0.15) is 9.97 Å². The third kappa shape index (κ3) is 4.94. The normalized spacial score (nSPS) is 11.8. The summed E-state index contributed by atoms with van der Waals surface area (Å²) in [6.45, 7) is 1.59. The van der Waals surface area contributed by atoms with Crippen LogP contribution >= 0.6 is 0 Å². The molecule has 1 unspecified atom stereocenters. The van der Waals surface area contributed by atoms with E-state index in [0.29, 0.717) is 23.6 Å². The summed E-state index contributed by atoms with van der Waals surface area (Å²) in [6.07, 6.45) is -1.40. The molecule has 31 heavy (non-hydrogen) atoms. The second kappa shape index (κ2) is 9.04. The highest BCUT2D eigenvalue weighted by Gasteiger charge is 2.17. The highest BCUT2D eigenvalue weighted by molar-refractivity contribution is 5.61. The molecule has 2 aromatic carbocycles. The van der Waals surface area contributed by atoms with Crippen molar-refractivity contribution < 1.29 is 23.0 Å². The van der Waals surface area contributed by atoms with Crippen LogP contribution in [-0.4, -0.2) is 33.3 Å². The number of nitrogens with zero attached hydrogens (tertiary/aromatic N) is 3. The molecule has 3 rings (SSSR count). The fourth-order valence-electron chi connectivity index (χ4n) is 2.73. The van der Waals surface area contributed by atoms with Gasteiger partial charge in [0.15, 0.2) is 17.5 Å². The van der Waals surface area contributed by atoms with E-state index < -0.39 is 29.2 Å². The maximum Gasteiger partial charge on any atom is 0.353 e. The van der Waals surface area contributed by atoms with Crippen LogP contribution in [0.3, 0.4) is 0 Å². The smallest absolute Gasteiger partial charge is 0.353 e. The maximum atomic E-state index is 13.4. The number of halogens is 3. The summed E-state index contributed by atoms with van der Waals surface area (Å²) in [5, 5.41) is 15.9. The predicted octanol–water partition coefficient (Wildman–Crippen LogP) is 2.80. The number of ether oxygens (including phenoxy) is 1. The monoisotopic (exact) mass is 435 g/mol. The Morgan fingerprint density at radius 2 is 1.84 bits per heavy atom. The maximum absolute atomic E-state index is 13.4. The van der Waals surface area contributed by atoms with Crippen LogP contribution in [0.15, 0.2) is 35.1 Å². The number of nitrogens with one attached hydrogen (secondary N) is 2. The summed E-state index contributed by atoms with van der Waals surface area (Å²) in [5.41, 5.74) is 0.674. The number of hydrogen-bond acceptors (Lipinski definition) is 7. The number of hydrogen-bond donors (Lipinski definition) is 3. The molecule has 0 bridgehead atoms. The molecule has 8 nitrogen and oxygen atoms in total. The first kappa shape index (κ1) is 22.1. The van der Waals surface area contributed by atoms with Crippen molar-refractivity contribution in [1.82, 2.24) is 14.5 Å². The van der Waals surface area contributed by atoms with Gasteiger partial charge in [0.1, 0.15) is 5.75 Å². The molecular weight excluding hydrogens is 415 g/mol. The van der Waals surface area contributed by atoms with Gasteiger partial charge >= 0.3 is 5.69 Å². The van der Waals surface area contributed by atoms with Crippen LogP contribution in [-0.2, 0) is 7.05 Å².